The van der Waals surface area contributed by atoms with Gasteiger partial charge in [0.05, 0.1) is 17.1 Å². The summed E-state index contributed by atoms with van der Waals surface area (Å²) in [5, 5.41) is 4.27. The average molecular weight is 211 g/mol. The van der Waals surface area contributed by atoms with E-state index in [4.69, 9.17) is 0 Å². The van der Waals surface area contributed by atoms with Gasteiger partial charge >= 0.3 is 0 Å². The average Bonchev–Trinajstić information content (AvgIpc) is 2.38. The van der Waals surface area contributed by atoms with Crippen LogP contribution in [0, 0.1) is 0 Å². The zero-order valence-electron chi connectivity index (χ0n) is 9.09. The van der Waals surface area contributed by atoms with Crippen LogP contribution >= 0.6 is 0 Å². The van der Waals surface area contributed by atoms with Crippen molar-refractivity contribution in [2.75, 3.05) is 5.43 Å². The highest BCUT2D eigenvalue weighted by Gasteiger charge is 1.96. The van der Waals surface area contributed by atoms with E-state index >= 15 is 0 Å². The summed E-state index contributed by atoms with van der Waals surface area (Å²) < 4.78 is 0. The molecular weight excluding hydrogens is 198 g/mol. The van der Waals surface area contributed by atoms with Gasteiger partial charge in [-0.3, -0.25) is 10.4 Å². The summed E-state index contributed by atoms with van der Waals surface area (Å²) in [5.74, 6) is 0. The quantitative estimate of drug-likeness (QED) is 0.626. The van der Waals surface area contributed by atoms with E-state index < -0.39 is 0 Å². The van der Waals surface area contributed by atoms with Gasteiger partial charge < -0.3 is 0 Å². The Bertz CT molecular complexity index is 463. The molecule has 0 saturated carbocycles. The molecule has 0 radical (unpaired) electrons. The summed E-state index contributed by atoms with van der Waals surface area (Å²) in [7, 11) is 0. The van der Waals surface area contributed by atoms with Gasteiger partial charge in [-0.2, -0.15) is 5.10 Å². The molecular formula is C13H13N3. The van der Waals surface area contributed by atoms with Crippen LogP contribution in [0.25, 0.3) is 0 Å². The van der Waals surface area contributed by atoms with Crippen molar-refractivity contribution in [2.24, 2.45) is 5.10 Å². The molecule has 1 heterocycles. The molecule has 0 aliphatic heterocycles. The zero-order valence-corrected chi connectivity index (χ0v) is 9.09. The number of hydrogen-bond acceptors (Lipinski definition) is 3. The van der Waals surface area contributed by atoms with Crippen LogP contribution in [-0.2, 0) is 0 Å². The van der Waals surface area contributed by atoms with Crippen LogP contribution in [0.3, 0.4) is 0 Å². The molecule has 2 rings (SSSR count). The van der Waals surface area contributed by atoms with Crippen LogP contribution in [0.5, 0.6) is 0 Å². The van der Waals surface area contributed by atoms with E-state index in [0.717, 1.165) is 17.1 Å². The van der Waals surface area contributed by atoms with E-state index in [1.807, 2.05) is 55.5 Å². The second-order valence-corrected chi connectivity index (χ2v) is 3.39. The fraction of sp³-hybridized carbons (Fsp3) is 0.0769. The molecule has 0 saturated heterocycles. The van der Waals surface area contributed by atoms with Crippen LogP contribution in [0.1, 0.15) is 12.6 Å². The van der Waals surface area contributed by atoms with E-state index in [-0.39, 0.29) is 0 Å². The molecule has 16 heavy (non-hydrogen) atoms. The number of rotatable bonds is 3. The van der Waals surface area contributed by atoms with Crippen molar-refractivity contribution < 1.29 is 0 Å². The van der Waals surface area contributed by atoms with Crippen molar-refractivity contribution in [2.45, 2.75) is 6.92 Å². The first-order valence-corrected chi connectivity index (χ1v) is 5.13. The summed E-state index contributed by atoms with van der Waals surface area (Å²) in [5.41, 5.74) is 5.71. The number of pyridine rings is 1. The molecule has 3 heteroatoms. The van der Waals surface area contributed by atoms with E-state index in [0.29, 0.717) is 0 Å². The highest BCUT2D eigenvalue weighted by atomic mass is 15.3. The summed E-state index contributed by atoms with van der Waals surface area (Å²) in [6.45, 7) is 1.93. The molecule has 0 fully saturated rings. The molecule has 2 aromatic rings. The van der Waals surface area contributed by atoms with Gasteiger partial charge in [0.1, 0.15) is 0 Å². The van der Waals surface area contributed by atoms with Crippen LogP contribution < -0.4 is 5.43 Å². The molecule has 0 unspecified atom stereocenters. The lowest BCUT2D eigenvalue weighted by atomic mass is 10.3. The number of benzene rings is 1. The van der Waals surface area contributed by atoms with E-state index in [1.54, 1.807) is 6.20 Å². The number of hydrogen-bond donors (Lipinski definition) is 1. The SMILES string of the molecule is C/C(=N\Nc1ccccc1)c1ccccn1. The lowest BCUT2D eigenvalue weighted by Crippen LogP contribution is -2.01. The third kappa shape index (κ3) is 2.67. The van der Waals surface area contributed by atoms with Crippen molar-refractivity contribution >= 4 is 11.4 Å². The molecule has 1 aromatic heterocycles. The second kappa shape index (κ2) is 5.07. The molecule has 0 aliphatic rings. The van der Waals surface area contributed by atoms with Gasteiger partial charge in [0, 0.05) is 6.20 Å². The predicted molar refractivity (Wildman–Crippen MR) is 66.5 cm³/mol. The summed E-state index contributed by atoms with van der Waals surface area (Å²) in [6.07, 6.45) is 1.76. The molecule has 80 valence electrons. The minimum absolute atomic E-state index is 0.865. The first-order valence-electron chi connectivity index (χ1n) is 5.13. The third-order valence-corrected chi connectivity index (χ3v) is 2.16. The van der Waals surface area contributed by atoms with E-state index in [9.17, 15) is 0 Å². The van der Waals surface area contributed by atoms with Gasteiger partial charge in [0.2, 0.25) is 0 Å². The maximum Gasteiger partial charge on any atom is 0.0859 e. The summed E-state index contributed by atoms with van der Waals surface area (Å²) in [6, 6.07) is 15.6. The molecule has 0 atom stereocenters. The number of aromatic nitrogens is 1. The van der Waals surface area contributed by atoms with Crippen LogP contribution in [0.2, 0.25) is 0 Å². The fourth-order valence-electron chi connectivity index (χ4n) is 1.30. The lowest BCUT2D eigenvalue weighted by Gasteiger charge is -2.02. The number of anilines is 1. The minimum Gasteiger partial charge on any atom is -0.278 e. The largest absolute Gasteiger partial charge is 0.278 e. The van der Waals surface area contributed by atoms with Crippen LogP contribution in [0.15, 0.2) is 59.8 Å². The molecule has 0 amide bonds. The lowest BCUT2D eigenvalue weighted by molar-refractivity contribution is 1.25. The number of nitrogens with one attached hydrogen (secondary N) is 1. The van der Waals surface area contributed by atoms with Crippen molar-refractivity contribution in [1.82, 2.24) is 4.98 Å². The monoisotopic (exact) mass is 211 g/mol. The number of hydrazone groups is 1. The Hall–Kier alpha value is -2.16. The van der Waals surface area contributed by atoms with Crippen LogP contribution in [0.4, 0.5) is 5.69 Å². The predicted octanol–water partition coefficient (Wildman–Crippen LogP) is 2.92. The van der Waals surface area contributed by atoms with Crippen molar-refractivity contribution in [3.63, 3.8) is 0 Å². The highest BCUT2D eigenvalue weighted by molar-refractivity contribution is 5.97. The van der Waals surface area contributed by atoms with Crippen molar-refractivity contribution in [3.05, 3.63) is 60.4 Å². The maximum atomic E-state index is 4.27. The highest BCUT2D eigenvalue weighted by Crippen LogP contribution is 2.05. The summed E-state index contributed by atoms with van der Waals surface area (Å²) >= 11 is 0. The maximum absolute atomic E-state index is 4.27. The standard InChI is InChI=1S/C13H13N3/c1-11(13-9-5-6-10-14-13)15-16-12-7-3-2-4-8-12/h2-10,16H,1H3/b15-11+. The molecule has 3 nitrogen and oxygen atoms in total. The van der Waals surface area contributed by atoms with Crippen molar-refractivity contribution in [1.29, 1.82) is 0 Å². The third-order valence-electron chi connectivity index (χ3n) is 2.16. The van der Waals surface area contributed by atoms with Crippen LogP contribution in [-0.4, -0.2) is 10.7 Å². The second-order valence-electron chi connectivity index (χ2n) is 3.39. The summed E-state index contributed by atoms with van der Waals surface area (Å²) in [4.78, 5) is 4.22. The van der Waals surface area contributed by atoms with Gasteiger partial charge in [-0.15, -0.1) is 0 Å². The topological polar surface area (TPSA) is 37.3 Å². The van der Waals surface area contributed by atoms with E-state index in [1.165, 1.54) is 0 Å². The molecule has 0 spiro atoms. The van der Waals surface area contributed by atoms with Gasteiger partial charge in [-0.1, -0.05) is 24.3 Å². The normalized spacial score (nSPS) is 11.2. The van der Waals surface area contributed by atoms with Gasteiger partial charge in [0.15, 0.2) is 0 Å². The Labute approximate surface area is 94.9 Å². The molecule has 1 aromatic carbocycles. The molecule has 0 aliphatic carbocycles. The molecule has 0 bridgehead atoms. The molecule has 1 N–H and O–H groups in total. The van der Waals surface area contributed by atoms with Gasteiger partial charge in [-0.25, -0.2) is 0 Å². The fourth-order valence-corrected chi connectivity index (χ4v) is 1.30. The first kappa shape index (κ1) is 10.4. The Balaban J connectivity index is 2.09. The first-order chi connectivity index (χ1) is 7.86. The Morgan fingerprint density at radius 3 is 2.50 bits per heavy atom. The van der Waals surface area contributed by atoms with Gasteiger partial charge in [-0.05, 0) is 31.2 Å². The zero-order chi connectivity index (χ0) is 11.2. The van der Waals surface area contributed by atoms with Gasteiger partial charge in [0.25, 0.3) is 0 Å². The van der Waals surface area contributed by atoms with Crippen molar-refractivity contribution in [3.8, 4) is 0 Å². The Kier molecular flexibility index (Phi) is 3.28. The minimum atomic E-state index is 0.865. The Morgan fingerprint density at radius 2 is 1.81 bits per heavy atom. The smallest absolute Gasteiger partial charge is 0.0859 e. The number of para-hydroxylation sites is 1. The van der Waals surface area contributed by atoms with E-state index in [2.05, 4.69) is 15.5 Å². The Morgan fingerprint density at radius 1 is 1.06 bits per heavy atom. The number of nitrogens with zero attached hydrogens (tertiary/aromatic N) is 2.